The molecule has 0 aliphatic carbocycles. The van der Waals surface area contributed by atoms with Crippen LogP contribution >= 0.6 is 0 Å². The molecule has 0 saturated carbocycles. The lowest BCUT2D eigenvalue weighted by atomic mass is 10.1. The fourth-order valence-corrected chi connectivity index (χ4v) is 1.64. The van der Waals surface area contributed by atoms with Crippen LogP contribution in [0.1, 0.15) is 0 Å². The van der Waals surface area contributed by atoms with Gasteiger partial charge in [-0.25, -0.2) is 0 Å². The average Bonchev–Trinajstić information content (AvgIpc) is 2.82. The van der Waals surface area contributed by atoms with E-state index in [0.717, 1.165) is 22.2 Å². The van der Waals surface area contributed by atoms with Gasteiger partial charge < -0.3 is 0 Å². The first-order valence-electron chi connectivity index (χ1n) is 4.65. The molecule has 1 N–H and O–H groups in total. The van der Waals surface area contributed by atoms with Crippen LogP contribution in [0.2, 0.25) is 0 Å². The molecule has 0 spiro atoms. The van der Waals surface area contributed by atoms with Crippen LogP contribution in [0.3, 0.4) is 0 Å². The van der Waals surface area contributed by atoms with Crippen molar-refractivity contribution in [2.75, 3.05) is 0 Å². The molecule has 15 heavy (non-hydrogen) atoms. The molecule has 0 bridgehead atoms. The second-order valence-corrected chi connectivity index (χ2v) is 3.24. The highest BCUT2D eigenvalue weighted by atomic mass is 15.3. The van der Waals surface area contributed by atoms with E-state index in [2.05, 4.69) is 20.4 Å². The molecule has 0 atom stereocenters. The molecule has 4 heteroatoms. The van der Waals surface area contributed by atoms with Gasteiger partial charge >= 0.3 is 0 Å². The van der Waals surface area contributed by atoms with Crippen molar-refractivity contribution in [3.63, 3.8) is 0 Å². The number of pyridine rings is 1. The first kappa shape index (κ1) is 8.11. The third-order valence-electron chi connectivity index (χ3n) is 2.32. The van der Waals surface area contributed by atoms with E-state index in [1.165, 1.54) is 0 Å². The highest BCUT2D eigenvalue weighted by molar-refractivity contribution is 5.92. The van der Waals surface area contributed by atoms with Gasteiger partial charge in [-0.15, -0.1) is 0 Å². The first-order valence-corrected chi connectivity index (χ1v) is 4.65. The zero-order chi connectivity index (χ0) is 10.1. The number of aromatic nitrogens is 4. The minimum atomic E-state index is 0.819. The Balaban J connectivity index is 2.36. The summed E-state index contributed by atoms with van der Waals surface area (Å²) in [5, 5.41) is 11.6. The number of nitrogens with one attached hydrogen (secondary N) is 1. The lowest BCUT2D eigenvalue weighted by Crippen LogP contribution is -1.84. The van der Waals surface area contributed by atoms with Crippen molar-refractivity contribution in [2.24, 2.45) is 0 Å². The SMILES string of the molecule is c1cnc2c(-c3cn[nH]n3)cccc2c1. The molecular formula is C11H8N4. The smallest absolute Gasteiger partial charge is 0.114 e. The number of nitrogens with zero attached hydrogens (tertiary/aromatic N) is 3. The van der Waals surface area contributed by atoms with E-state index in [-0.39, 0.29) is 0 Å². The number of aromatic amines is 1. The molecule has 72 valence electrons. The lowest BCUT2D eigenvalue weighted by molar-refractivity contribution is 0.942. The Kier molecular flexibility index (Phi) is 1.71. The molecule has 0 radical (unpaired) electrons. The number of para-hydroxylation sites is 1. The summed E-state index contributed by atoms with van der Waals surface area (Å²) in [4.78, 5) is 4.36. The van der Waals surface area contributed by atoms with E-state index in [0.29, 0.717) is 0 Å². The van der Waals surface area contributed by atoms with Crippen LogP contribution in [-0.4, -0.2) is 20.4 Å². The maximum absolute atomic E-state index is 4.36. The van der Waals surface area contributed by atoms with E-state index >= 15 is 0 Å². The number of H-pyrrole nitrogens is 1. The standard InChI is InChI=1S/C11H8N4/c1-3-8-4-2-6-12-11(8)9(5-1)10-7-13-15-14-10/h1-7H,(H,13,14,15). The van der Waals surface area contributed by atoms with Crippen molar-refractivity contribution in [3.8, 4) is 11.3 Å². The Labute approximate surface area is 86.0 Å². The topological polar surface area (TPSA) is 54.5 Å². The molecule has 4 nitrogen and oxygen atoms in total. The fraction of sp³-hybridized carbons (Fsp3) is 0. The summed E-state index contributed by atoms with van der Waals surface area (Å²) in [6, 6.07) is 9.98. The normalized spacial score (nSPS) is 10.7. The predicted octanol–water partition coefficient (Wildman–Crippen LogP) is 2.02. The molecule has 0 saturated heterocycles. The highest BCUT2D eigenvalue weighted by Crippen LogP contribution is 2.24. The van der Waals surface area contributed by atoms with Gasteiger partial charge in [0.25, 0.3) is 0 Å². The Hall–Kier alpha value is -2.23. The van der Waals surface area contributed by atoms with Crippen LogP contribution in [0.4, 0.5) is 0 Å². The summed E-state index contributed by atoms with van der Waals surface area (Å²) in [6.45, 7) is 0. The van der Waals surface area contributed by atoms with E-state index < -0.39 is 0 Å². The van der Waals surface area contributed by atoms with Crippen LogP contribution in [0.15, 0.2) is 42.7 Å². The van der Waals surface area contributed by atoms with Crippen LogP contribution in [-0.2, 0) is 0 Å². The molecule has 1 aromatic carbocycles. The van der Waals surface area contributed by atoms with Crippen molar-refractivity contribution >= 4 is 10.9 Å². The minimum absolute atomic E-state index is 0.819. The Morgan fingerprint density at radius 2 is 2.00 bits per heavy atom. The van der Waals surface area contributed by atoms with E-state index in [1.54, 1.807) is 12.4 Å². The van der Waals surface area contributed by atoms with E-state index in [9.17, 15) is 0 Å². The number of hydrogen-bond donors (Lipinski definition) is 1. The summed E-state index contributed by atoms with van der Waals surface area (Å²) >= 11 is 0. The maximum Gasteiger partial charge on any atom is 0.114 e. The Bertz CT molecular complexity index is 581. The predicted molar refractivity (Wildman–Crippen MR) is 57.1 cm³/mol. The average molecular weight is 196 g/mol. The van der Waals surface area contributed by atoms with E-state index in [4.69, 9.17) is 0 Å². The summed E-state index contributed by atoms with van der Waals surface area (Å²) in [6.07, 6.45) is 3.48. The Morgan fingerprint density at radius 3 is 2.87 bits per heavy atom. The maximum atomic E-state index is 4.36. The molecule has 0 unspecified atom stereocenters. The van der Waals surface area contributed by atoms with Crippen LogP contribution in [0.25, 0.3) is 22.2 Å². The summed E-state index contributed by atoms with van der Waals surface area (Å²) in [5.74, 6) is 0. The largest absolute Gasteiger partial charge is 0.256 e. The van der Waals surface area contributed by atoms with E-state index in [1.807, 2.05) is 30.3 Å². The van der Waals surface area contributed by atoms with Gasteiger partial charge in [0.15, 0.2) is 0 Å². The third-order valence-corrected chi connectivity index (χ3v) is 2.32. The molecule has 2 heterocycles. The van der Waals surface area contributed by atoms with Gasteiger partial charge in [0.05, 0.1) is 11.7 Å². The van der Waals surface area contributed by atoms with Gasteiger partial charge in [0, 0.05) is 17.1 Å². The van der Waals surface area contributed by atoms with Crippen molar-refractivity contribution in [1.29, 1.82) is 0 Å². The van der Waals surface area contributed by atoms with Gasteiger partial charge in [-0.1, -0.05) is 24.3 Å². The van der Waals surface area contributed by atoms with Crippen LogP contribution < -0.4 is 0 Å². The molecular weight excluding hydrogens is 188 g/mol. The van der Waals surface area contributed by atoms with Crippen molar-refractivity contribution in [1.82, 2.24) is 20.4 Å². The zero-order valence-corrected chi connectivity index (χ0v) is 7.88. The second kappa shape index (κ2) is 3.16. The molecule has 3 aromatic rings. The lowest BCUT2D eigenvalue weighted by Gasteiger charge is -2.01. The second-order valence-electron chi connectivity index (χ2n) is 3.24. The van der Waals surface area contributed by atoms with Crippen LogP contribution in [0.5, 0.6) is 0 Å². The molecule has 0 aliphatic heterocycles. The number of fused-ring (bicyclic) bond motifs is 1. The number of hydrogen-bond acceptors (Lipinski definition) is 3. The highest BCUT2D eigenvalue weighted by Gasteiger charge is 2.05. The number of rotatable bonds is 1. The fourth-order valence-electron chi connectivity index (χ4n) is 1.64. The first-order chi connectivity index (χ1) is 7.45. The van der Waals surface area contributed by atoms with Crippen LogP contribution in [0, 0.1) is 0 Å². The summed E-state index contributed by atoms with van der Waals surface area (Å²) < 4.78 is 0. The Morgan fingerprint density at radius 1 is 1.07 bits per heavy atom. The zero-order valence-electron chi connectivity index (χ0n) is 7.88. The third kappa shape index (κ3) is 1.27. The quantitative estimate of drug-likeness (QED) is 0.647. The van der Waals surface area contributed by atoms with Gasteiger partial charge in [-0.05, 0) is 6.07 Å². The molecule has 0 fully saturated rings. The summed E-state index contributed by atoms with van der Waals surface area (Å²) in [7, 11) is 0. The molecule has 0 amide bonds. The van der Waals surface area contributed by atoms with Gasteiger partial charge in [-0.2, -0.15) is 15.4 Å². The van der Waals surface area contributed by atoms with Gasteiger partial charge in [0.2, 0.25) is 0 Å². The summed E-state index contributed by atoms with van der Waals surface area (Å²) in [5.41, 5.74) is 2.77. The molecule has 0 aliphatic rings. The van der Waals surface area contributed by atoms with Crippen molar-refractivity contribution in [2.45, 2.75) is 0 Å². The molecule has 3 rings (SSSR count). The van der Waals surface area contributed by atoms with Gasteiger partial charge in [0.1, 0.15) is 5.69 Å². The monoisotopic (exact) mass is 196 g/mol. The minimum Gasteiger partial charge on any atom is -0.256 e. The number of benzene rings is 1. The molecule has 2 aromatic heterocycles. The van der Waals surface area contributed by atoms with Crippen molar-refractivity contribution in [3.05, 3.63) is 42.7 Å². The van der Waals surface area contributed by atoms with Crippen molar-refractivity contribution < 1.29 is 0 Å². The van der Waals surface area contributed by atoms with Gasteiger partial charge in [-0.3, -0.25) is 4.98 Å².